The first kappa shape index (κ1) is 24.4. The van der Waals surface area contributed by atoms with Crippen molar-refractivity contribution in [2.24, 2.45) is 0 Å². The Kier molecular flexibility index (Phi) is 7.00. The lowest BCUT2D eigenvalue weighted by Gasteiger charge is -2.29. The van der Waals surface area contributed by atoms with Crippen LogP contribution in [-0.4, -0.2) is 20.7 Å². The largest absolute Gasteiger partial charge is 0.328 e. The van der Waals surface area contributed by atoms with E-state index in [2.05, 4.69) is 20.7 Å². The van der Waals surface area contributed by atoms with Gasteiger partial charge in [-0.3, -0.25) is 4.79 Å². The third-order valence-corrected chi connectivity index (χ3v) is 7.28. The number of thioether (sulfide) groups is 1. The lowest BCUT2D eigenvalue weighted by atomic mass is 9.94. The molecule has 3 aromatic carbocycles. The fourth-order valence-electron chi connectivity index (χ4n) is 4.00. The van der Waals surface area contributed by atoms with Gasteiger partial charge in [-0.1, -0.05) is 77.4 Å². The summed E-state index contributed by atoms with van der Waals surface area (Å²) in [5, 5.41) is 12.0. The van der Waals surface area contributed by atoms with Crippen molar-refractivity contribution < 1.29 is 9.18 Å². The van der Waals surface area contributed by atoms with Gasteiger partial charge in [-0.05, 0) is 42.8 Å². The predicted molar refractivity (Wildman–Crippen MR) is 142 cm³/mol. The van der Waals surface area contributed by atoms with Gasteiger partial charge in [0.2, 0.25) is 11.1 Å². The molecule has 36 heavy (non-hydrogen) atoms. The molecule has 0 bridgehead atoms. The third-order valence-electron chi connectivity index (χ3n) is 5.70. The van der Waals surface area contributed by atoms with E-state index in [1.807, 2.05) is 42.5 Å². The summed E-state index contributed by atoms with van der Waals surface area (Å²) in [7, 11) is 0. The van der Waals surface area contributed by atoms with E-state index in [9.17, 15) is 4.79 Å². The van der Waals surface area contributed by atoms with Crippen LogP contribution in [0.25, 0.3) is 0 Å². The van der Waals surface area contributed by atoms with Crippen molar-refractivity contribution in [2.75, 3.05) is 10.6 Å². The number of anilines is 2. The molecule has 0 radical (unpaired) electrons. The molecule has 182 valence electrons. The van der Waals surface area contributed by atoms with E-state index >= 15 is 4.39 Å². The van der Waals surface area contributed by atoms with Crippen molar-refractivity contribution in [1.29, 1.82) is 0 Å². The minimum atomic E-state index is -0.930. The normalized spacial score (nSPS) is 14.8. The number of para-hydroxylation sites is 1. The standard InChI is InChI=1S/C26H20Cl2FN5OS/c1-15-21(24(35)31-17-9-3-2-4-10-17)23(22-19(28)12-7-13-20(22)29)34-25(30-15)32-26(33-34)36-14-16-8-5-6-11-18(16)27/h2-13,23H,14H2,1H3,(H,31,35)(H,30,32,33). The van der Waals surface area contributed by atoms with Crippen LogP contribution in [0.3, 0.4) is 0 Å². The molecule has 1 aromatic heterocycles. The molecule has 10 heteroatoms. The topological polar surface area (TPSA) is 71.8 Å². The quantitative estimate of drug-likeness (QED) is 0.259. The number of carbonyl (C=O) groups is 1. The highest BCUT2D eigenvalue weighted by Crippen LogP contribution is 2.40. The number of halogens is 3. The Morgan fingerprint density at radius 1 is 1.06 bits per heavy atom. The average molecular weight is 540 g/mol. The zero-order valence-corrected chi connectivity index (χ0v) is 21.3. The Morgan fingerprint density at radius 3 is 2.53 bits per heavy atom. The van der Waals surface area contributed by atoms with Crippen LogP contribution in [0.1, 0.15) is 24.1 Å². The Hall–Kier alpha value is -3.33. The molecule has 0 spiro atoms. The molecular formula is C26H20Cl2FN5OS. The monoisotopic (exact) mass is 539 g/mol. The highest BCUT2D eigenvalue weighted by molar-refractivity contribution is 7.98. The van der Waals surface area contributed by atoms with Crippen LogP contribution in [0.15, 0.2) is 89.2 Å². The third kappa shape index (κ3) is 4.84. The molecule has 1 amide bonds. The zero-order chi connectivity index (χ0) is 25.2. The fraction of sp³-hybridized carbons (Fsp3) is 0.115. The lowest BCUT2D eigenvalue weighted by molar-refractivity contribution is -0.113. The summed E-state index contributed by atoms with van der Waals surface area (Å²) in [6.45, 7) is 1.75. The van der Waals surface area contributed by atoms with Crippen LogP contribution >= 0.6 is 35.0 Å². The number of benzene rings is 3. The van der Waals surface area contributed by atoms with E-state index in [-0.39, 0.29) is 16.2 Å². The zero-order valence-electron chi connectivity index (χ0n) is 19.0. The number of aromatic nitrogens is 3. The predicted octanol–water partition coefficient (Wildman–Crippen LogP) is 6.94. The first-order valence-electron chi connectivity index (χ1n) is 11.0. The second-order valence-corrected chi connectivity index (χ2v) is 9.82. The van der Waals surface area contributed by atoms with Crippen molar-refractivity contribution in [3.8, 4) is 0 Å². The van der Waals surface area contributed by atoms with E-state index in [0.717, 1.165) is 5.56 Å². The Balaban J connectivity index is 1.54. The molecule has 0 saturated heterocycles. The number of amides is 1. The molecular weight excluding hydrogens is 520 g/mol. The second kappa shape index (κ2) is 10.3. The number of nitrogens with one attached hydrogen (secondary N) is 2. The number of carbonyl (C=O) groups excluding carboxylic acids is 1. The van der Waals surface area contributed by atoms with Gasteiger partial charge in [0, 0.05) is 32.7 Å². The molecule has 1 aliphatic rings. The van der Waals surface area contributed by atoms with Crippen LogP contribution in [-0.2, 0) is 10.5 Å². The SMILES string of the molecule is CC1=C(C(=O)Nc2ccccc2)C(c2c(F)cccc2Cl)n2nc(SCc3ccccc3Cl)nc2N1. The van der Waals surface area contributed by atoms with Crippen molar-refractivity contribution in [3.63, 3.8) is 0 Å². The molecule has 1 aliphatic heterocycles. The lowest BCUT2D eigenvalue weighted by Crippen LogP contribution is -2.32. The van der Waals surface area contributed by atoms with Crippen molar-refractivity contribution >= 4 is 52.5 Å². The van der Waals surface area contributed by atoms with Gasteiger partial charge in [0.15, 0.2) is 0 Å². The first-order valence-corrected chi connectivity index (χ1v) is 12.8. The molecule has 1 unspecified atom stereocenters. The summed E-state index contributed by atoms with van der Waals surface area (Å²) in [5.41, 5.74) is 2.51. The van der Waals surface area contributed by atoms with E-state index in [1.165, 1.54) is 28.6 Å². The van der Waals surface area contributed by atoms with Gasteiger partial charge < -0.3 is 10.6 Å². The van der Waals surface area contributed by atoms with Gasteiger partial charge in [0.25, 0.3) is 5.91 Å². The summed E-state index contributed by atoms with van der Waals surface area (Å²) < 4.78 is 16.7. The average Bonchev–Trinajstić information content (AvgIpc) is 3.26. The molecule has 1 atom stereocenters. The number of nitrogens with zero attached hydrogens (tertiary/aromatic N) is 3. The molecule has 0 aliphatic carbocycles. The number of fused-ring (bicyclic) bond motifs is 1. The summed E-state index contributed by atoms with van der Waals surface area (Å²) in [6.07, 6.45) is 0. The molecule has 6 nitrogen and oxygen atoms in total. The molecule has 0 saturated carbocycles. The van der Waals surface area contributed by atoms with E-state index < -0.39 is 17.8 Å². The Bertz CT molecular complexity index is 1450. The Labute approximate surface area is 221 Å². The number of allylic oxidation sites excluding steroid dienone is 1. The van der Waals surface area contributed by atoms with Crippen LogP contribution in [0.2, 0.25) is 10.0 Å². The number of hydrogen-bond donors (Lipinski definition) is 2. The van der Waals surface area contributed by atoms with Crippen LogP contribution in [0.5, 0.6) is 0 Å². The summed E-state index contributed by atoms with van der Waals surface area (Å²) in [6, 6.07) is 20.1. The first-order chi connectivity index (χ1) is 17.4. The van der Waals surface area contributed by atoms with Gasteiger partial charge in [-0.15, -0.1) is 5.10 Å². The maximum absolute atomic E-state index is 15.2. The Morgan fingerprint density at radius 2 is 1.78 bits per heavy atom. The van der Waals surface area contributed by atoms with Crippen molar-refractivity contribution in [1.82, 2.24) is 14.8 Å². The number of rotatable bonds is 6. The molecule has 5 rings (SSSR count). The van der Waals surface area contributed by atoms with E-state index in [0.29, 0.717) is 33.3 Å². The van der Waals surface area contributed by atoms with Crippen LogP contribution < -0.4 is 10.6 Å². The maximum atomic E-state index is 15.2. The van der Waals surface area contributed by atoms with E-state index in [4.69, 9.17) is 23.2 Å². The summed E-state index contributed by atoms with van der Waals surface area (Å²) >= 11 is 14.2. The van der Waals surface area contributed by atoms with E-state index in [1.54, 1.807) is 25.1 Å². The highest BCUT2D eigenvalue weighted by Gasteiger charge is 2.37. The van der Waals surface area contributed by atoms with Crippen molar-refractivity contribution in [2.45, 2.75) is 23.9 Å². The smallest absolute Gasteiger partial charge is 0.255 e. The molecule has 0 fully saturated rings. The minimum absolute atomic E-state index is 0.145. The second-order valence-electron chi connectivity index (χ2n) is 8.06. The van der Waals surface area contributed by atoms with Crippen molar-refractivity contribution in [3.05, 3.63) is 111 Å². The fourth-order valence-corrected chi connectivity index (χ4v) is 5.38. The van der Waals surface area contributed by atoms with Crippen LogP contribution in [0, 0.1) is 5.82 Å². The van der Waals surface area contributed by atoms with Gasteiger partial charge in [0.05, 0.1) is 5.57 Å². The van der Waals surface area contributed by atoms with Gasteiger partial charge in [-0.25, -0.2) is 9.07 Å². The summed E-state index contributed by atoms with van der Waals surface area (Å²) in [5.74, 6) is -0.0160. The highest BCUT2D eigenvalue weighted by atomic mass is 35.5. The van der Waals surface area contributed by atoms with Gasteiger partial charge in [0.1, 0.15) is 11.9 Å². The number of hydrogen-bond acceptors (Lipinski definition) is 5. The van der Waals surface area contributed by atoms with Gasteiger partial charge in [-0.2, -0.15) is 4.98 Å². The maximum Gasteiger partial charge on any atom is 0.255 e. The minimum Gasteiger partial charge on any atom is -0.328 e. The molecule has 2 N–H and O–H groups in total. The summed E-state index contributed by atoms with van der Waals surface area (Å²) in [4.78, 5) is 18.1. The molecule has 2 heterocycles. The molecule has 4 aromatic rings. The van der Waals surface area contributed by atoms with Crippen LogP contribution in [0.4, 0.5) is 16.0 Å². The van der Waals surface area contributed by atoms with Gasteiger partial charge >= 0.3 is 0 Å².